The average molecular weight is 226 g/mol. The van der Waals surface area contributed by atoms with E-state index in [1.165, 1.54) is 19.3 Å². The van der Waals surface area contributed by atoms with Gasteiger partial charge in [-0.05, 0) is 25.2 Å². The van der Waals surface area contributed by atoms with Gasteiger partial charge in [0.15, 0.2) is 0 Å². The number of rotatable bonds is 5. The van der Waals surface area contributed by atoms with E-state index in [1.807, 2.05) is 0 Å². The first-order chi connectivity index (χ1) is 7.52. The summed E-state index contributed by atoms with van der Waals surface area (Å²) in [5.74, 6) is 0.770. The van der Waals surface area contributed by atoms with Crippen molar-refractivity contribution in [2.45, 2.75) is 64.3 Å². The topological polar surface area (TPSA) is 55.1 Å². The Morgan fingerprint density at radius 3 is 2.50 bits per heavy atom. The quantitative estimate of drug-likeness (QED) is 0.755. The maximum absolute atomic E-state index is 11.7. The highest BCUT2D eigenvalue weighted by molar-refractivity contribution is 5.77. The lowest BCUT2D eigenvalue weighted by Gasteiger charge is -2.32. The molecule has 0 aliphatic heterocycles. The van der Waals surface area contributed by atoms with Crippen molar-refractivity contribution in [3.8, 4) is 0 Å². The van der Waals surface area contributed by atoms with Crippen molar-refractivity contribution in [2.24, 2.45) is 11.7 Å². The number of nitrogens with two attached hydrogens (primary N) is 1. The van der Waals surface area contributed by atoms with Crippen molar-refractivity contribution < 1.29 is 4.79 Å². The van der Waals surface area contributed by atoms with Crippen LogP contribution in [0, 0.1) is 5.92 Å². The minimum absolute atomic E-state index is 0.130. The van der Waals surface area contributed by atoms with E-state index in [0.29, 0.717) is 12.3 Å². The Hall–Kier alpha value is -0.570. The third kappa shape index (κ3) is 4.97. The van der Waals surface area contributed by atoms with Gasteiger partial charge in [0, 0.05) is 18.5 Å². The lowest BCUT2D eigenvalue weighted by molar-refractivity contribution is -0.122. The molecule has 1 saturated carbocycles. The van der Waals surface area contributed by atoms with Crippen LogP contribution in [0.1, 0.15) is 58.8 Å². The van der Waals surface area contributed by atoms with Crippen LogP contribution in [0.3, 0.4) is 0 Å². The summed E-state index contributed by atoms with van der Waals surface area (Å²) < 4.78 is 0. The van der Waals surface area contributed by atoms with E-state index in [4.69, 9.17) is 5.73 Å². The predicted molar refractivity (Wildman–Crippen MR) is 67.1 cm³/mol. The second-order valence-corrected chi connectivity index (χ2v) is 5.63. The molecule has 1 aliphatic rings. The van der Waals surface area contributed by atoms with Crippen LogP contribution < -0.4 is 11.1 Å². The van der Waals surface area contributed by atoms with Crippen molar-refractivity contribution in [3.63, 3.8) is 0 Å². The second-order valence-electron chi connectivity index (χ2n) is 5.63. The Morgan fingerprint density at radius 1 is 1.31 bits per heavy atom. The van der Waals surface area contributed by atoms with Gasteiger partial charge in [-0.25, -0.2) is 0 Å². The van der Waals surface area contributed by atoms with Crippen molar-refractivity contribution in [2.75, 3.05) is 6.54 Å². The average Bonchev–Trinajstić information content (AvgIpc) is 2.17. The van der Waals surface area contributed by atoms with Crippen LogP contribution in [0.25, 0.3) is 0 Å². The zero-order valence-electron chi connectivity index (χ0n) is 10.7. The fraction of sp³-hybridized carbons (Fsp3) is 0.923. The van der Waals surface area contributed by atoms with Crippen LogP contribution >= 0.6 is 0 Å². The van der Waals surface area contributed by atoms with Crippen molar-refractivity contribution >= 4 is 5.91 Å². The van der Waals surface area contributed by atoms with Crippen LogP contribution in [0.2, 0.25) is 0 Å². The third-order valence-electron chi connectivity index (χ3n) is 3.41. The fourth-order valence-electron chi connectivity index (χ4n) is 2.32. The van der Waals surface area contributed by atoms with Gasteiger partial charge in [0.25, 0.3) is 0 Å². The number of amides is 1. The molecule has 0 heterocycles. The highest BCUT2D eigenvalue weighted by Crippen LogP contribution is 2.28. The molecule has 16 heavy (non-hydrogen) atoms. The maximum Gasteiger partial charge on any atom is 0.221 e. The molecule has 0 unspecified atom stereocenters. The SMILES string of the molecule is CC(C)CCNC(=O)CC1(N)CCCCC1. The summed E-state index contributed by atoms with van der Waals surface area (Å²) >= 11 is 0. The highest BCUT2D eigenvalue weighted by atomic mass is 16.1. The van der Waals surface area contributed by atoms with E-state index < -0.39 is 0 Å². The Kier molecular flexibility index (Phi) is 5.26. The molecule has 0 atom stereocenters. The van der Waals surface area contributed by atoms with Gasteiger partial charge < -0.3 is 11.1 Å². The van der Waals surface area contributed by atoms with Gasteiger partial charge in [0.05, 0.1) is 0 Å². The van der Waals surface area contributed by atoms with Gasteiger partial charge in [-0.15, -0.1) is 0 Å². The molecule has 0 radical (unpaired) electrons. The van der Waals surface area contributed by atoms with Crippen LogP contribution in [0.5, 0.6) is 0 Å². The number of hydrogen-bond acceptors (Lipinski definition) is 2. The summed E-state index contributed by atoms with van der Waals surface area (Å²) in [7, 11) is 0. The van der Waals surface area contributed by atoms with Crippen LogP contribution in [-0.2, 0) is 4.79 Å². The molecule has 94 valence electrons. The third-order valence-corrected chi connectivity index (χ3v) is 3.41. The van der Waals surface area contributed by atoms with Crippen LogP contribution in [0.4, 0.5) is 0 Å². The lowest BCUT2D eigenvalue weighted by Crippen LogP contribution is -2.46. The molecular formula is C13H26N2O. The van der Waals surface area contributed by atoms with Crippen molar-refractivity contribution in [1.29, 1.82) is 0 Å². The van der Waals surface area contributed by atoms with Crippen molar-refractivity contribution in [1.82, 2.24) is 5.32 Å². The van der Waals surface area contributed by atoms with Gasteiger partial charge in [-0.2, -0.15) is 0 Å². The van der Waals surface area contributed by atoms with Crippen LogP contribution in [0.15, 0.2) is 0 Å². The molecule has 3 heteroatoms. The molecule has 0 aromatic carbocycles. The van der Waals surface area contributed by atoms with Gasteiger partial charge in [-0.3, -0.25) is 4.79 Å². The molecule has 3 nitrogen and oxygen atoms in total. The number of hydrogen-bond donors (Lipinski definition) is 2. The summed E-state index contributed by atoms with van der Waals surface area (Å²) in [5.41, 5.74) is 6.01. The minimum Gasteiger partial charge on any atom is -0.356 e. The lowest BCUT2D eigenvalue weighted by atomic mass is 9.80. The molecule has 0 spiro atoms. The second kappa shape index (κ2) is 6.24. The predicted octanol–water partition coefficient (Wildman–Crippen LogP) is 2.20. The molecule has 0 aromatic heterocycles. The fourth-order valence-corrected chi connectivity index (χ4v) is 2.32. The summed E-state index contributed by atoms with van der Waals surface area (Å²) in [5, 5.41) is 2.97. The van der Waals surface area contributed by atoms with Gasteiger partial charge in [0.2, 0.25) is 5.91 Å². The van der Waals surface area contributed by atoms with E-state index in [0.717, 1.165) is 25.8 Å². The first-order valence-corrected chi connectivity index (χ1v) is 6.57. The van der Waals surface area contributed by atoms with E-state index in [-0.39, 0.29) is 11.4 Å². The zero-order valence-corrected chi connectivity index (χ0v) is 10.7. The van der Waals surface area contributed by atoms with E-state index in [1.54, 1.807) is 0 Å². The largest absolute Gasteiger partial charge is 0.356 e. The standard InChI is InChI=1S/C13H26N2O/c1-11(2)6-9-15-12(16)10-13(14)7-4-3-5-8-13/h11H,3-10,14H2,1-2H3,(H,15,16). The Balaban J connectivity index is 2.22. The summed E-state index contributed by atoms with van der Waals surface area (Å²) in [6, 6.07) is 0. The Bertz CT molecular complexity index is 220. The van der Waals surface area contributed by atoms with E-state index >= 15 is 0 Å². The monoisotopic (exact) mass is 226 g/mol. The highest BCUT2D eigenvalue weighted by Gasteiger charge is 2.29. The number of carbonyl (C=O) groups excluding carboxylic acids is 1. The molecule has 0 saturated heterocycles. The molecule has 1 rings (SSSR count). The summed E-state index contributed by atoms with van der Waals surface area (Å²) in [4.78, 5) is 11.7. The minimum atomic E-state index is -0.222. The summed E-state index contributed by atoms with van der Waals surface area (Å²) in [6.45, 7) is 5.11. The number of carbonyl (C=O) groups is 1. The van der Waals surface area contributed by atoms with E-state index in [9.17, 15) is 4.79 Å². The Labute approximate surface area is 99.2 Å². The van der Waals surface area contributed by atoms with Crippen LogP contribution in [-0.4, -0.2) is 18.0 Å². The molecule has 0 aromatic rings. The molecule has 1 amide bonds. The van der Waals surface area contributed by atoms with Gasteiger partial charge in [0.1, 0.15) is 0 Å². The Morgan fingerprint density at radius 2 is 1.94 bits per heavy atom. The normalized spacial score (nSPS) is 19.8. The smallest absolute Gasteiger partial charge is 0.221 e. The first-order valence-electron chi connectivity index (χ1n) is 6.57. The number of nitrogens with one attached hydrogen (secondary N) is 1. The van der Waals surface area contributed by atoms with Gasteiger partial charge >= 0.3 is 0 Å². The molecule has 3 N–H and O–H groups in total. The molecule has 0 bridgehead atoms. The molecule has 1 fully saturated rings. The summed E-state index contributed by atoms with van der Waals surface area (Å²) in [6.07, 6.45) is 7.18. The zero-order chi connectivity index (χ0) is 12.0. The maximum atomic E-state index is 11.7. The van der Waals surface area contributed by atoms with Crippen molar-refractivity contribution in [3.05, 3.63) is 0 Å². The molecule has 1 aliphatic carbocycles. The van der Waals surface area contributed by atoms with E-state index in [2.05, 4.69) is 19.2 Å². The first kappa shape index (κ1) is 13.5. The van der Waals surface area contributed by atoms with Gasteiger partial charge in [-0.1, -0.05) is 33.1 Å². The molecular weight excluding hydrogens is 200 g/mol.